The Hall–Kier alpha value is -3.49. The highest BCUT2D eigenvalue weighted by molar-refractivity contribution is 6.01. The molecule has 28 heavy (non-hydrogen) atoms. The predicted octanol–water partition coefficient (Wildman–Crippen LogP) is 2.54. The molecule has 0 unspecified atom stereocenters. The first-order valence-corrected chi connectivity index (χ1v) is 9.09. The van der Waals surface area contributed by atoms with Gasteiger partial charge in [-0.05, 0) is 25.0 Å². The number of carbonyl (C=O) groups is 1. The van der Waals surface area contributed by atoms with Crippen LogP contribution in [0.5, 0.6) is 0 Å². The fourth-order valence-electron chi connectivity index (χ4n) is 3.48. The molecule has 1 amide bonds. The number of pyridine rings is 1. The molecule has 9 heteroatoms. The first-order valence-electron chi connectivity index (χ1n) is 9.09. The summed E-state index contributed by atoms with van der Waals surface area (Å²) in [4.78, 5) is 24.8. The van der Waals surface area contributed by atoms with E-state index in [1.807, 2.05) is 24.4 Å². The van der Waals surface area contributed by atoms with Crippen LogP contribution in [0.25, 0.3) is 27.9 Å². The van der Waals surface area contributed by atoms with Crippen LogP contribution in [0, 0.1) is 0 Å². The van der Waals surface area contributed by atoms with Gasteiger partial charge in [-0.2, -0.15) is 9.61 Å². The minimum atomic E-state index is -0.985. The van der Waals surface area contributed by atoms with Crippen LogP contribution in [-0.2, 0) is 0 Å². The molecule has 4 heterocycles. The van der Waals surface area contributed by atoms with E-state index in [1.165, 1.54) is 6.20 Å². The van der Waals surface area contributed by atoms with Crippen molar-refractivity contribution in [2.24, 2.45) is 0 Å². The normalized spacial score (nSPS) is 18.9. The smallest absolute Gasteiger partial charge is 0.257 e. The molecular formula is C19H18FN7O. The van der Waals surface area contributed by atoms with Gasteiger partial charge < -0.3 is 15.6 Å². The summed E-state index contributed by atoms with van der Waals surface area (Å²) in [5.74, 6) is 0.318. The molecule has 3 N–H and O–H groups in total. The molecule has 0 aromatic carbocycles. The molecule has 1 fully saturated rings. The maximum absolute atomic E-state index is 13.5. The van der Waals surface area contributed by atoms with E-state index >= 15 is 0 Å². The zero-order chi connectivity index (χ0) is 19.3. The average molecular weight is 379 g/mol. The second-order valence-corrected chi connectivity index (χ2v) is 6.85. The number of amides is 1. The standard InChI is InChI=1S/C19H18FN7O/c1-21-16-7-15(11-8-23-17-10(11)3-2-6-22-17)25-18-12(9-24-27(16)18)19(28)26-14-5-4-13(14)20/h2-3,6-9,13-14,21H,4-5H2,1H3,(H,22,23)(H,26,28)/t13-,14-/m0/s1. The number of rotatable bonds is 4. The third kappa shape index (κ3) is 2.50. The van der Waals surface area contributed by atoms with Crippen LogP contribution < -0.4 is 10.6 Å². The Morgan fingerprint density at radius 2 is 2.29 bits per heavy atom. The number of aromatic nitrogens is 5. The van der Waals surface area contributed by atoms with Crippen LogP contribution in [0.2, 0.25) is 0 Å². The molecule has 0 bridgehead atoms. The molecule has 1 aliphatic rings. The first kappa shape index (κ1) is 16.7. The minimum absolute atomic E-state index is 0.315. The number of nitrogens with one attached hydrogen (secondary N) is 3. The van der Waals surface area contributed by atoms with E-state index in [0.29, 0.717) is 35.6 Å². The van der Waals surface area contributed by atoms with Crippen molar-refractivity contribution >= 4 is 28.4 Å². The third-order valence-corrected chi connectivity index (χ3v) is 5.21. The van der Waals surface area contributed by atoms with Gasteiger partial charge in [0.15, 0.2) is 5.65 Å². The highest BCUT2D eigenvalue weighted by Crippen LogP contribution is 2.29. The number of alkyl halides is 1. The second-order valence-electron chi connectivity index (χ2n) is 6.85. The maximum atomic E-state index is 13.5. The van der Waals surface area contributed by atoms with Gasteiger partial charge in [0, 0.05) is 36.5 Å². The van der Waals surface area contributed by atoms with Crippen molar-refractivity contribution in [2.75, 3.05) is 12.4 Å². The van der Waals surface area contributed by atoms with E-state index in [-0.39, 0.29) is 5.91 Å². The van der Waals surface area contributed by atoms with Gasteiger partial charge in [-0.25, -0.2) is 14.4 Å². The lowest BCUT2D eigenvalue weighted by Crippen LogP contribution is -2.48. The summed E-state index contributed by atoms with van der Waals surface area (Å²) in [6, 6.07) is 5.25. The van der Waals surface area contributed by atoms with E-state index in [0.717, 1.165) is 16.6 Å². The molecule has 0 aliphatic heterocycles. The number of hydrogen-bond donors (Lipinski definition) is 3. The van der Waals surface area contributed by atoms with Gasteiger partial charge in [0.05, 0.1) is 17.9 Å². The molecule has 142 valence electrons. The molecule has 0 spiro atoms. The van der Waals surface area contributed by atoms with Crippen molar-refractivity contribution in [3.8, 4) is 11.3 Å². The van der Waals surface area contributed by atoms with Crippen LogP contribution in [-0.4, -0.2) is 49.7 Å². The average Bonchev–Trinajstić information content (AvgIpc) is 3.34. The summed E-state index contributed by atoms with van der Waals surface area (Å²) in [6.45, 7) is 0. The number of H-pyrrole nitrogens is 1. The molecule has 0 radical (unpaired) electrons. The van der Waals surface area contributed by atoms with Crippen LogP contribution >= 0.6 is 0 Å². The lowest BCUT2D eigenvalue weighted by Gasteiger charge is -2.30. The number of aromatic amines is 1. The number of nitrogens with zero attached hydrogens (tertiary/aromatic N) is 4. The summed E-state index contributed by atoms with van der Waals surface area (Å²) in [5, 5.41) is 11.0. The van der Waals surface area contributed by atoms with E-state index in [4.69, 9.17) is 0 Å². The third-order valence-electron chi connectivity index (χ3n) is 5.21. The zero-order valence-electron chi connectivity index (χ0n) is 15.1. The van der Waals surface area contributed by atoms with Crippen LogP contribution in [0.3, 0.4) is 0 Å². The van der Waals surface area contributed by atoms with Crippen molar-refractivity contribution in [1.82, 2.24) is 29.9 Å². The highest BCUT2D eigenvalue weighted by Gasteiger charge is 2.33. The lowest BCUT2D eigenvalue weighted by molar-refractivity contribution is 0.0826. The SMILES string of the molecule is CNc1cc(-c2c[nH]c3ncccc23)nc2c(C(=O)N[C@H]3CC[C@@H]3F)cnn12. The van der Waals surface area contributed by atoms with Gasteiger partial charge in [-0.1, -0.05) is 0 Å². The zero-order valence-corrected chi connectivity index (χ0v) is 15.1. The molecule has 4 aromatic rings. The van der Waals surface area contributed by atoms with E-state index < -0.39 is 12.2 Å². The molecule has 8 nitrogen and oxygen atoms in total. The Balaban J connectivity index is 1.62. The number of anilines is 1. The molecule has 1 saturated carbocycles. The van der Waals surface area contributed by atoms with Crippen LogP contribution in [0.15, 0.2) is 36.8 Å². The first-order chi connectivity index (χ1) is 13.7. The van der Waals surface area contributed by atoms with Gasteiger partial charge in [0.2, 0.25) is 0 Å². The van der Waals surface area contributed by atoms with Crippen molar-refractivity contribution in [3.05, 3.63) is 42.4 Å². The summed E-state index contributed by atoms with van der Waals surface area (Å²) in [7, 11) is 1.78. The Bertz CT molecular complexity index is 1200. The van der Waals surface area contributed by atoms with Gasteiger partial charge in [-0.15, -0.1) is 0 Å². The Labute approximate surface area is 159 Å². The number of fused-ring (bicyclic) bond motifs is 2. The monoisotopic (exact) mass is 379 g/mol. The Morgan fingerprint density at radius 3 is 3.04 bits per heavy atom. The largest absolute Gasteiger partial charge is 0.373 e. The topological polar surface area (TPSA) is 100 Å². The molecule has 5 rings (SSSR count). The highest BCUT2D eigenvalue weighted by atomic mass is 19.1. The van der Waals surface area contributed by atoms with E-state index in [1.54, 1.807) is 17.8 Å². The van der Waals surface area contributed by atoms with Gasteiger partial charge in [-0.3, -0.25) is 4.79 Å². The van der Waals surface area contributed by atoms with Gasteiger partial charge >= 0.3 is 0 Å². The fraction of sp³-hybridized carbons (Fsp3) is 0.263. The number of carbonyl (C=O) groups excluding carboxylic acids is 1. The lowest BCUT2D eigenvalue weighted by atomic mass is 9.90. The molecule has 1 aliphatic carbocycles. The maximum Gasteiger partial charge on any atom is 0.257 e. The number of halogens is 1. The van der Waals surface area contributed by atoms with Crippen molar-refractivity contribution < 1.29 is 9.18 Å². The summed E-state index contributed by atoms with van der Waals surface area (Å²) < 4.78 is 15.1. The quantitative estimate of drug-likeness (QED) is 0.506. The van der Waals surface area contributed by atoms with Crippen molar-refractivity contribution in [3.63, 3.8) is 0 Å². The molecular weight excluding hydrogens is 361 g/mol. The predicted molar refractivity (Wildman–Crippen MR) is 103 cm³/mol. The number of hydrogen-bond acceptors (Lipinski definition) is 5. The van der Waals surface area contributed by atoms with Crippen LogP contribution in [0.1, 0.15) is 23.2 Å². The molecule has 4 aromatic heterocycles. The van der Waals surface area contributed by atoms with E-state index in [2.05, 4.69) is 30.7 Å². The van der Waals surface area contributed by atoms with Gasteiger partial charge in [0.1, 0.15) is 23.2 Å². The minimum Gasteiger partial charge on any atom is -0.373 e. The fourth-order valence-corrected chi connectivity index (χ4v) is 3.48. The second kappa shape index (κ2) is 6.29. The summed E-state index contributed by atoms with van der Waals surface area (Å²) >= 11 is 0. The Morgan fingerprint density at radius 1 is 1.39 bits per heavy atom. The van der Waals surface area contributed by atoms with Crippen molar-refractivity contribution in [2.45, 2.75) is 25.1 Å². The van der Waals surface area contributed by atoms with E-state index in [9.17, 15) is 9.18 Å². The summed E-state index contributed by atoms with van der Waals surface area (Å²) in [5.41, 5.74) is 3.04. The molecule has 2 atom stereocenters. The van der Waals surface area contributed by atoms with Crippen molar-refractivity contribution in [1.29, 1.82) is 0 Å². The molecule has 0 saturated heterocycles. The summed E-state index contributed by atoms with van der Waals surface area (Å²) in [6.07, 6.45) is 5.17. The van der Waals surface area contributed by atoms with Crippen LogP contribution in [0.4, 0.5) is 10.2 Å². The van der Waals surface area contributed by atoms with Gasteiger partial charge in [0.25, 0.3) is 5.91 Å². The Kier molecular flexibility index (Phi) is 3.75.